The minimum absolute atomic E-state index is 0.177. The van der Waals surface area contributed by atoms with E-state index in [2.05, 4.69) is 10.1 Å². The summed E-state index contributed by atoms with van der Waals surface area (Å²) in [7, 11) is 0. The number of piperidine rings is 1. The monoisotopic (exact) mass is 398 g/mol. The number of hydrogen-bond acceptors (Lipinski definition) is 5. The van der Waals surface area contributed by atoms with Crippen molar-refractivity contribution in [2.45, 2.75) is 62.7 Å². The van der Waals surface area contributed by atoms with Crippen molar-refractivity contribution in [1.29, 1.82) is 0 Å². The molecular formula is C21H26N4O4. The molecule has 5 rings (SSSR count). The van der Waals surface area contributed by atoms with Crippen molar-refractivity contribution in [3.05, 3.63) is 46.1 Å². The molecule has 1 amide bonds. The Morgan fingerprint density at radius 2 is 2.00 bits per heavy atom. The number of nitrogens with one attached hydrogen (secondary N) is 1. The van der Waals surface area contributed by atoms with Crippen LogP contribution in [0.15, 0.2) is 29.2 Å². The molecule has 1 spiro atoms. The number of amides is 1. The van der Waals surface area contributed by atoms with Crippen molar-refractivity contribution < 1.29 is 14.6 Å². The second kappa shape index (κ2) is 7.02. The van der Waals surface area contributed by atoms with Gasteiger partial charge in [0, 0.05) is 38.4 Å². The van der Waals surface area contributed by atoms with E-state index >= 15 is 0 Å². The highest BCUT2D eigenvalue weighted by Crippen LogP contribution is 2.44. The largest absolute Gasteiger partial charge is 0.483 e. The van der Waals surface area contributed by atoms with Crippen molar-refractivity contribution in [2.75, 3.05) is 13.1 Å². The number of fused-ring (bicyclic) bond motifs is 1. The molecule has 2 aromatic heterocycles. The van der Waals surface area contributed by atoms with Crippen LogP contribution in [-0.4, -0.2) is 49.4 Å². The average Bonchev–Trinajstić information content (AvgIpc) is 3.38. The van der Waals surface area contributed by atoms with E-state index in [1.165, 1.54) is 18.9 Å². The Morgan fingerprint density at radius 3 is 2.72 bits per heavy atom. The van der Waals surface area contributed by atoms with Gasteiger partial charge in [-0.25, -0.2) is 0 Å². The van der Waals surface area contributed by atoms with Crippen molar-refractivity contribution in [3.63, 3.8) is 0 Å². The number of rotatable bonds is 2. The molecule has 3 aliphatic rings. The Bertz CT molecular complexity index is 967. The van der Waals surface area contributed by atoms with Crippen LogP contribution in [-0.2, 0) is 0 Å². The first-order valence-electron chi connectivity index (χ1n) is 10.5. The van der Waals surface area contributed by atoms with Gasteiger partial charge in [0.2, 0.25) is 5.56 Å². The van der Waals surface area contributed by atoms with Crippen LogP contribution in [0.1, 0.15) is 73.3 Å². The van der Waals surface area contributed by atoms with Crippen LogP contribution in [0.4, 0.5) is 0 Å². The molecular weight excluding hydrogens is 372 g/mol. The summed E-state index contributed by atoms with van der Waals surface area (Å²) < 4.78 is 8.36. The van der Waals surface area contributed by atoms with Crippen LogP contribution < -0.4 is 10.3 Å². The summed E-state index contributed by atoms with van der Waals surface area (Å²) in [5, 5.41) is 15.4. The third kappa shape index (κ3) is 3.35. The molecule has 1 aliphatic carbocycles. The quantitative estimate of drug-likeness (QED) is 0.808. The van der Waals surface area contributed by atoms with Gasteiger partial charge in [-0.2, -0.15) is 5.10 Å². The van der Waals surface area contributed by atoms with E-state index in [4.69, 9.17) is 4.74 Å². The molecule has 0 bridgehead atoms. The van der Waals surface area contributed by atoms with Gasteiger partial charge in [0.25, 0.3) is 5.91 Å². The van der Waals surface area contributed by atoms with E-state index in [9.17, 15) is 14.7 Å². The number of carbonyl (C=O) groups is 1. The molecule has 2 N–H and O–H groups in total. The van der Waals surface area contributed by atoms with Crippen LogP contribution in [0.3, 0.4) is 0 Å². The van der Waals surface area contributed by atoms with Gasteiger partial charge in [-0.15, -0.1) is 0 Å². The lowest BCUT2D eigenvalue weighted by Crippen LogP contribution is -2.52. The molecule has 154 valence electrons. The molecule has 2 aromatic rings. The van der Waals surface area contributed by atoms with Crippen molar-refractivity contribution in [1.82, 2.24) is 19.7 Å². The number of hydrogen-bond donors (Lipinski definition) is 2. The Labute approximate surface area is 168 Å². The molecule has 29 heavy (non-hydrogen) atoms. The number of aromatic nitrogens is 3. The zero-order valence-electron chi connectivity index (χ0n) is 16.3. The number of aromatic amines is 1. The maximum atomic E-state index is 12.7. The third-order valence-electron chi connectivity index (χ3n) is 6.59. The number of carbonyl (C=O) groups excluding carboxylic acids is 1. The average molecular weight is 398 g/mol. The second-order valence-corrected chi connectivity index (χ2v) is 8.52. The highest BCUT2D eigenvalue weighted by molar-refractivity contribution is 5.92. The molecule has 2 aliphatic heterocycles. The van der Waals surface area contributed by atoms with Gasteiger partial charge in [0.15, 0.2) is 5.75 Å². The molecule has 1 atom stereocenters. The SMILES string of the molecule is O=C(c1cccc(=O)[nH]1)N1CCC2(CC1)CC(O)c1nn(C3CCCC3)cc1O2. The number of nitrogens with zero attached hydrogens (tertiary/aromatic N) is 3. The Hall–Kier alpha value is -2.61. The zero-order valence-corrected chi connectivity index (χ0v) is 16.3. The van der Waals surface area contributed by atoms with Crippen LogP contribution in [0.25, 0.3) is 0 Å². The molecule has 2 fully saturated rings. The van der Waals surface area contributed by atoms with Crippen LogP contribution in [0, 0.1) is 0 Å². The smallest absolute Gasteiger partial charge is 0.270 e. The summed E-state index contributed by atoms with van der Waals surface area (Å²) >= 11 is 0. The lowest BCUT2D eigenvalue weighted by Gasteiger charge is -2.44. The molecule has 8 heteroatoms. The van der Waals surface area contributed by atoms with E-state index in [0.29, 0.717) is 55.5 Å². The highest BCUT2D eigenvalue weighted by atomic mass is 16.5. The lowest BCUT2D eigenvalue weighted by molar-refractivity contribution is -0.0505. The van der Waals surface area contributed by atoms with Gasteiger partial charge < -0.3 is 19.7 Å². The zero-order chi connectivity index (χ0) is 20.0. The van der Waals surface area contributed by atoms with Gasteiger partial charge in [0.05, 0.1) is 12.2 Å². The number of H-pyrrole nitrogens is 1. The highest BCUT2D eigenvalue weighted by Gasteiger charge is 2.45. The minimum atomic E-state index is -0.644. The van der Waals surface area contributed by atoms with E-state index < -0.39 is 11.7 Å². The molecule has 1 saturated carbocycles. The van der Waals surface area contributed by atoms with Gasteiger partial charge in [-0.1, -0.05) is 18.9 Å². The summed E-state index contributed by atoms with van der Waals surface area (Å²) in [5.74, 6) is 0.506. The summed E-state index contributed by atoms with van der Waals surface area (Å²) in [4.78, 5) is 28.5. The van der Waals surface area contributed by atoms with Crippen molar-refractivity contribution in [2.24, 2.45) is 0 Å². The first kappa shape index (κ1) is 18.4. The van der Waals surface area contributed by atoms with Crippen LogP contribution in [0.2, 0.25) is 0 Å². The van der Waals surface area contributed by atoms with Gasteiger partial charge in [-0.05, 0) is 18.9 Å². The lowest BCUT2D eigenvalue weighted by atomic mass is 9.83. The fourth-order valence-corrected chi connectivity index (χ4v) is 4.94. The van der Waals surface area contributed by atoms with E-state index in [1.807, 2.05) is 10.9 Å². The maximum Gasteiger partial charge on any atom is 0.270 e. The first-order chi connectivity index (χ1) is 14.0. The fraction of sp³-hybridized carbons (Fsp3) is 0.571. The van der Waals surface area contributed by atoms with E-state index in [-0.39, 0.29) is 11.5 Å². The summed E-state index contributed by atoms with van der Waals surface area (Å²) in [6.07, 6.45) is 7.77. The summed E-state index contributed by atoms with van der Waals surface area (Å²) in [6.45, 7) is 1.04. The first-order valence-corrected chi connectivity index (χ1v) is 10.5. The number of aliphatic hydroxyl groups is 1. The topological polar surface area (TPSA) is 100 Å². The Kier molecular flexibility index (Phi) is 4.46. The van der Waals surface area contributed by atoms with Crippen molar-refractivity contribution in [3.8, 4) is 5.75 Å². The predicted molar refractivity (Wildman–Crippen MR) is 105 cm³/mol. The molecule has 8 nitrogen and oxygen atoms in total. The molecule has 1 unspecified atom stereocenters. The van der Waals surface area contributed by atoms with Crippen LogP contribution in [0.5, 0.6) is 5.75 Å². The standard InChI is InChI=1S/C21H26N4O4/c26-16-12-21(29-17-13-25(23-19(16)17)14-4-1-2-5-14)8-10-24(11-9-21)20(28)15-6-3-7-18(27)22-15/h3,6-7,13-14,16,26H,1-2,4-5,8-12H2,(H,22,27). The fourth-order valence-electron chi connectivity index (χ4n) is 4.94. The molecule has 4 heterocycles. The van der Waals surface area contributed by atoms with Gasteiger partial charge in [0.1, 0.15) is 23.1 Å². The molecule has 0 radical (unpaired) electrons. The number of pyridine rings is 1. The molecule has 0 aromatic carbocycles. The molecule has 1 saturated heterocycles. The number of ether oxygens (including phenoxy) is 1. The van der Waals surface area contributed by atoms with Crippen LogP contribution >= 0.6 is 0 Å². The number of likely N-dealkylation sites (tertiary alicyclic amines) is 1. The third-order valence-corrected chi connectivity index (χ3v) is 6.59. The normalized spacial score (nSPS) is 23.8. The van der Waals surface area contributed by atoms with Gasteiger partial charge >= 0.3 is 0 Å². The van der Waals surface area contributed by atoms with E-state index in [0.717, 1.165) is 12.8 Å². The Morgan fingerprint density at radius 1 is 1.24 bits per heavy atom. The Balaban J connectivity index is 1.30. The van der Waals surface area contributed by atoms with E-state index in [1.54, 1.807) is 17.0 Å². The summed E-state index contributed by atoms with van der Waals surface area (Å²) in [5.41, 5.74) is 0.188. The summed E-state index contributed by atoms with van der Waals surface area (Å²) in [6, 6.07) is 5.00. The number of aliphatic hydroxyl groups excluding tert-OH is 1. The van der Waals surface area contributed by atoms with Gasteiger partial charge in [-0.3, -0.25) is 14.3 Å². The second-order valence-electron chi connectivity index (χ2n) is 8.52. The minimum Gasteiger partial charge on any atom is -0.483 e. The maximum absolute atomic E-state index is 12.7. The van der Waals surface area contributed by atoms with Crippen molar-refractivity contribution >= 4 is 5.91 Å². The predicted octanol–water partition coefficient (Wildman–Crippen LogP) is 2.18.